The summed E-state index contributed by atoms with van der Waals surface area (Å²) < 4.78 is 0. The molecule has 1 N–H and O–H groups in total. The van der Waals surface area contributed by atoms with Crippen molar-refractivity contribution in [2.45, 2.75) is 18.9 Å². The molecule has 1 aliphatic heterocycles. The molecule has 0 saturated heterocycles. The van der Waals surface area contributed by atoms with Crippen LogP contribution in [0, 0.1) is 0 Å². The molecule has 0 radical (unpaired) electrons. The first-order valence-electron chi connectivity index (χ1n) is 5.77. The minimum Gasteiger partial charge on any atom is -0.477 e. The topological polar surface area (TPSA) is 82.4 Å². The summed E-state index contributed by atoms with van der Waals surface area (Å²) in [6.07, 6.45) is 0.0984. The minimum atomic E-state index is -1.14. The van der Waals surface area contributed by atoms with Gasteiger partial charge in [0.05, 0.1) is 0 Å². The van der Waals surface area contributed by atoms with Crippen LogP contribution in [-0.4, -0.2) is 72.8 Å². The van der Waals surface area contributed by atoms with Gasteiger partial charge in [0.15, 0.2) is 5.71 Å². The van der Waals surface area contributed by atoms with Gasteiger partial charge in [0.1, 0.15) is 0 Å². The van der Waals surface area contributed by atoms with Crippen LogP contribution in [-0.2, 0) is 14.4 Å². The maximum atomic E-state index is 11.9. The van der Waals surface area contributed by atoms with Crippen molar-refractivity contribution < 1.29 is 19.5 Å². The molecule has 102 valence electrons. The van der Waals surface area contributed by atoms with Crippen molar-refractivity contribution in [2.75, 3.05) is 34.2 Å². The van der Waals surface area contributed by atoms with Crippen LogP contribution in [0.4, 0.5) is 0 Å². The molecule has 18 heavy (non-hydrogen) atoms. The Labute approximate surface area is 106 Å². The van der Waals surface area contributed by atoms with Crippen molar-refractivity contribution in [1.29, 1.82) is 0 Å². The zero-order chi connectivity index (χ0) is 13.7. The fourth-order valence-corrected chi connectivity index (χ4v) is 1.62. The molecule has 1 aliphatic rings. The van der Waals surface area contributed by atoms with Crippen LogP contribution in [0.15, 0.2) is 5.16 Å². The molecule has 0 aromatic carbocycles. The van der Waals surface area contributed by atoms with Gasteiger partial charge >= 0.3 is 5.97 Å². The lowest BCUT2D eigenvalue weighted by molar-refractivity contribution is -0.140. The van der Waals surface area contributed by atoms with Gasteiger partial charge in [-0.3, -0.25) is 4.79 Å². The fourth-order valence-electron chi connectivity index (χ4n) is 1.62. The van der Waals surface area contributed by atoms with Crippen molar-refractivity contribution in [1.82, 2.24) is 9.80 Å². The molecule has 0 saturated carbocycles. The third-order valence-corrected chi connectivity index (χ3v) is 2.67. The third kappa shape index (κ3) is 3.99. The van der Waals surface area contributed by atoms with Gasteiger partial charge in [0.2, 0.25) is 6.10 Å². The van der Waals surface area contributed by atoms with Crippen LogP contribution < -0.4 is 0 Å². The second kappa shape index (κ2) is 6.34. The minimum absolute atomic E-state index is 0.0339. The first-order chi connectivity index (χ1) is 8.41. The number of hydrogen-bond acceptors (Lipinski definition) is 5. The van der Waals surface area contributed by atoms with Crippen LogP contribution in [0.2, 0.25) is 0 Å². The summed E-state index contributed by atoms with van der Waals surface area (Å²) >= 11 is 0. The SMILES string of the molecule is CN(C)CCCN(C)C(=O)C1CC(C(=O)O)=NO1. The van der Waals surface area contributed by atoms with Gasteiger partial charge in [-0.15, -0.1) is 0 Å². The van der Waals surface area contributed by atoms with Crippen molar-refractivity contribution in [3.63, 3.8) is 0 Å². The summed E-state index contributed by atoms with van der Waals surface area (Å²) in [6, 6.07) is 0. The van der Waals surface area contributed by atoms with E-state index in [-0.39, 0.29) is 18.0 Å². The number of carboxylic acids is 1. The summed E-state index contributed by atoms with van der Waals surface area (Å²) in [4.78, 5) is 31.0. The highest BCUT2D eigenvalue weighted by Gasteiger charge is 2.33. The maximum absolute atomic E-state index is 11.9. The zero-order valence-electron chi connectivity index (χ0n) is 10.9. The highest BCUT2D eigenvalue weighted by Crippen LogP contribution is 2.13. The van der Waals surface area contributed by atoms with Crippen LogP contribution in [0.25, 0.3) is 0 Å². The first-order valence-corrected chi connectivity index (χ1v) is 5.77. The third-order valence-electron chi connectivity index (χ3n) is 2.67. The lowest BCUT2D eigenvalue weighted by atomic mass is 10.1. The van der Waals surface area contributed by atoms with E-state index >= 15 is 0 Å². The number of carbonyl (C=O) groups excluding carboxylic acids is 1. The Kier molecular flexibility index (Phi) is 5.08. The Bertz CT molecular complexity index is 354. The second-order valence-corrected chi connectivity index (χ2v) is 4.56. The van der Waals surface area contributed by atoms with Crippen LogP contribution in [0.3, 0.4) is 0 Å². The quantitative estimate of drug-likeness (QED) is 0.701. The molecule has 0 bridgehead atoms. The molecule has 1 heterocycles. The van der Waals surface area contributed by atoms with Gasteiger partial charge in [-0.1, -0.05) is 5.16 Å². The van der Waals surface area contributed by atoms with Gasteiger partial charge in [0, 0.05) is 20.0 Å². The van der Waals surface area contributed by atoms with E-state index in [1.165, 1.54) is 0 Å². The molecule has 0 aliphatic carbocycles. The predicted octanol–water partition coefficient (Wildman–Crippen LogP) is -0.374. The van der Waals surface area contributed by atoms with E-state index in [9.17, 15) is 9.59 Å². The molecule has 0 aromatic heterocycles. The molecule has 7 heteroatoms. The van der Waals surface area contributed by atoms with E-state index in [2.05, 4.69) is 5.16 Å². The summed E-state index contributed by atoms with van der Waals surface area (Å²) in [5.74, 6) is -1.37. The lowest BCUT2D eigenvalue weighted by Gasteiger charge is -2.20. The summed E-state index contributed by atoms with van der Waals surface area (Å²) in [7, 11) is 5.61. The molecule has 1 unspecified atom stereocenters. The number of rotatable bonds is 6. The van der Waals surface area contributed by atoms with E-state index in [4.69, 9.17) is 9.94 Å². The molecular formula is C11H19N3O4. The standard InChI is InChI=1S/C11H19N3O4/c1-13(2)5-4-6-14(3)10(15)9-7-8(11(16)17)12-18-9/h9H,4-7H2,1-3H3,(H,16,17). The van der Waals surface area contributed by atoms with Crippen molar-refractivity contribution in [2.24, 2.45) is 5.16 Å². The Balaban J connectivity index is 2.35. The van der Waals surface area contributed by atoms with Crippen LogP contribution >= 0.6 is 0 Å². The highest BCUT2D eigenvalue weighted by atomic mass is 16.6. The van der Waals surface area contributed by atoms with Gasteiger partial charge in [-0.2, -0.15) is 0 Å². The van der Waals surface area contributed by atoms with E-state index in [0.717, 1.165) is 13.0 Å². The van der Waals surface area contributed by atoms with E-state index < -0.39 is 12.1 Å². The zero-order valence-corrected chi connectivity index (χ0v) is 10.9. The number of oxime groups is 1. The number of likely N-dealkylation sites (N-methyl/N-ethyl adjacent to an activating group) is 1. The maximum Gasteiger partial charge on any atom is 0.353 e. The van der Waals surface area contributed by atoms with E-state index in [1.807, 2.05) is 19.0 Å². The number of carboxylic acid groups (broad SMARTS) is 1. The van der Waals surface area contributed by atoms with Gasteiger partial charge in [0.25, 0.3) is 5.91 Å². The molecule has 7 nitrogen and oxygen atoms in total. The molecule has 0 spiro atoms. The fraction of sp³-hybridized carbons (Fsp3) is 0.727. The van der Waals surface area contributed by atoms with Crippen molar-refractivity contribution in [3.8, 4) is 0 Å². The molecule has 1 amide bonds. The number of hydrogen-bond donors (Lipinski definition) is 1. The Morgan fingerprint density at radius 3 is 2.56 bits per heavy atom. The smallest absolute Gasteiger partial charge is 0.353 e. The van der Waals surface area contributed by atoms with Crippen LogP contribution in [0.1, 0.15) is 12.8 Å². The van der Waals surface area contributed by atoms with Gasteiger partial charge < -0.3 is 19.7 Å². The molecule has 0 fully saturated rings. The predicted molar refractivity (Wildman–Crippen MR) is 65.4 cm³/mol. The average Bonchev–Trinajstić information content (AvgIpc) is 2.76. The van der Waals surface area contributed by atoms with Gasteiger partial charge in [-0.05, 0) is 27.1 Å². The van der Waals surface area contributed by atoms with E-state index in [0.29, 0.717) is 6.54 Å². The summed E-state index contributed by atoms with van der Waals surface area (Å²) in [5.41, 5.74) is -0.102. The number of nitrogens with zero attached hydrogens (tertiary/aromatic N) is 3. The second-order valence-electron chi connectivity index (χ2n) is 4.56. The molecular weight excluding hydrogens is 238 g/mol. The average molecular weight is 257 g/mol. The molecule has 0 aromatic rings. The lowest BCUT2D eigenvalue weighted by Crippen LogP contribution is -2.38. The van der Waals surface area contributed by atoms with E-state index in [1.54, 1.807) is 11.9 Å². The Morgan fingerprint density at radius 2 is 2.06 bits per heavy atom. The summed E-state index contributed by atoms with van der Waals surface area (Å²) in [6.45, 7) is 1.50. The number of amides is 1. The molecule has 1 rings (SSSR count). The van der Waals surface area contributed by atoms with Crippen molar-refractivity contribution >= 4 is 17.6 Å². The first kappa shape index (κ1) is 14.4. The van der Waals surface area contributed by atoms with Crippen LogP contribution in [0.5, 0.6) is 0 Å². The molecule has 1 atom stereocenters. The monoisotopic (exact) mass is 257 g/mol. The normalized spacial score (nSPS) is 18.4. The highest BCUT2D eigenvalue weighted by molar-refractivity contribution is 6.36. The Morgan fingerprint density at radius 1 is 1.39 bits per heavy atom. The Hall–Kier alpha value is -1.63. The van der Waals surface area contributed by atoms with Gasteiger partial charge in [-0.25, -0.2) is 4.79 Å². The summed E-state index contributed by atoms with van der Waals surface area (Å²) in [5, 5.41) is 12.1. The number of carbonyl (C=O) groups is 2. The number of aliphatic carboxylic acids is 1. The largest absolute Gasteiger partial charge is 0.477 e. The van der Waals surface area contributed by atoms with Crippen molar-refractivity contribution in [3.05, 3.63) is 0 Å².